The Bertz CT molecular complexity index is 549. The minimum absolute atomic E-state index is 0.403. The van der Waals surface area contributed by atoms with Crippen molar-refractivity contribution in [2.24, 2.45) is 4.99 Å². The second kappa shape index (κ2) is 8.23. The van der Waals surface area contributed by atoms with Gasteiger partial charge >= 0.3 is 0 Å². The number of terminal acetylenes is 1. The third-order valence-corrected chi connectivity index (χ3v) is 2.68. The summed E-state index contributed by atoms with van der Waals surface area (Å²) < 4.78 is 5.56. The molecule has 0 fully saturated rings. The molecule has 0 spiro atoms. The third kappa shape index (κ3) is 6.73. The molecule has 112 valence electrons. The SMILES string of the molecule is C#CC/C=C(\N=CC)c1ccnc(OCCC(C)(C)O)c1. The van der Waals surface area contributed by atoms with Crippen LogP contribution in [-0.4, -0.2) is 28.5 Å². The first-order valence-corrected chi connectivity index (χ1v) is 6.90. The van der Waals surface area contributed by atoms with E-state index in [4.69, 9.17) is 11.2 Å². The summed E-state index contributed by atoms with van der Waals surface area (Å²) in [5.41, 5.74) is 0.948. The van der Waals surface area contributed by atoms with Crippen molar-refractivity contribution in [3.8, 4) is 18.2 Å². The van der Waals surface area contributed by atoms with E-state index in [0.717, 1.165) is 11.3 Å². The van der Waals surface area contributed by atoms with Gasteiger partial charge in [-0.3, -0.25) is 4.99 Å². The minimum Gasteiger partial charge on any atom is -0.478 e. The first kappa shape index (κ1) is 16.9. The van der Waals surface area contributed by atoms with E-state index in [1.165, 1.54) is 0 Å². The van der Waals surface area contributed by atoms with Gasteiger partial charge in [0.05, 0.1) is 17.9 Å². The van der Waals surface area contributed by atoms with E-state index in [0.29, 0.717) is 25.3 Å². The molecule has 0 radical (unpaired) electrons. The maximum absolute atomic E-state index is 9.66. The maximum atomic E-state index is 9.66. The number of hydrogen-bond acceptors (Lipinski definition) is 4. The summed E-state index contributed by atoms with van der Waals surface area (Å²) in [6.07, 6.45) is 11.6. The number of rotatable bonds is 7. The molecule has 0 amide bonds. The highest BCUT2D eigenvalue weighted by Crippen LogP contribution is 2.20. The van der Waals surface area contributed by atoms with Crippen LogP contribution in [0.3, 0.4) is 0 Å². The van der Waals surface area contributed by atoms with Crippen LogP contribution in [0.1, 0.15) is 39.2 Å². The Kier molecular flexibility index (Phi) is 6.64. The molecule has 0 aliphatic heterocycles. The minimum atomic E-state index is -0.748. The lowest BCUT2D eigenvalue weighted by Gasteiger charge is -2.16. The first-order chi connectivity index (χ1) is 9.96. The highest BCUT2D eigenvalue weighted by atomic mass is 16.5. The Labute approximate surface area is 126 Å². The van der Waals surface area contributed by atoms with Gasteiger partial charge in [-0.2, -0.15) is 0 Å². The normalized spacial score (nSPS) is 12.4. The summed E-state index contributed by atoms with van der Waals surface area (Å²) in [5.74, 6) is 3.08. The van der Waals surface area contributed by atoms with E-state index < -0.39 is 5.60 Å². The zero-order valence-electron chi connectivity index (χ0n) is 12.8. The average Bonchev–Trinajstić information content (AvgIpc) is 2.42. The number of nitrogens with zero attached hydrogens (tertiary/aromatic N) is 2. The van der Waals surface area contributed by atoms with Crippen LogP contribution in [0.2, 0.25) is 0 Å². The number of aromatic nitrogens is 1. The molecular formula is C17H22N2O2. The molecule has 1 rings (SSSR count). The maximum Gasteiger partial charge on any atom is 0.213 e. The molecular weight excluding hydrogens is 264 g/mol. The lowest BCUT2D eigenvalue weighted by molar-refractivity contribution is 0.0547. The molecule has 21 heavy (non-hydrogen) atoms. The van der Waals surface area contributed by atoms with Gasteiger partial charge in [0.1, 0.15) is 0 Å². The molecule has 0 saturated carbocycles. The number of aliphatic hydroxyl groups is 1. The predicted octanol–water partition coefficient (Wildman–Crippen LogP) is 3.08. The topological polar surface area (TPSA) is 54.7 Å². The molecule has 1 N–H and O–H groups in total. The molecule has 4 heteroatoms. The van der Waals surface area contributed by atoms with Crippen LogP contribution in [0.4, 0.5) is 0 Å². The van der Waals surface area contributed by atoms with Crippen LogP contribution in [0, 0.1) is 12.3 Å². The molecule has 0 unspecified atom stereocenters. The monoisotopic (exact) mass is 286 g/mol. The number of pyridine rings is 1. The van der Waals surface area contributed by atoms with Crippen LogP contribution < -0.4 is 4.74 Å². The van der Waals surface area contributed by atoms with Gasteiger partial charge in [0.15, 0.2) is 0 Å². The molecule has 0 atom stereocenters. The van der Waals surface area contributed by atoms with Crippen molar-refractivity contribution < 1.29 is 9.84 Å². The van der Waals surface area contributed by atoms with Crippen LogP contribution in [0.15, 0.2) is 29.4 Å². The second-order valence-electron chi connectivity index (χ2n) is 5.18. The summed E-state index contributed by atoms with van der Waals surface area (Å²) in [6, 6.07) is 3.68. The fraction of sp³-hybridized carbons (Fsp3) is 0.412. The molecule has 1 heterocycles. The Hall–Kier alpha value is -2.12. The largest absolute Gasteiger partial charge is 0.478 e. The van der Waals surface area contributed by atoms with Crippen molar-refractivity contribution in [1.82, 2.24) is 4.98 Å². The van der Waals surface area contributed by atoms with Crippen LogP contribution in [0.5, 0.6) is 5.88 Å². The lowest BCUT2D eigenvalue weighted by atomic mass is 10.1. The van der Waals surface area contributed by atoms with Crippen LogP contribution in [-0.2, 0) is 0 Å². The number of hydrogen-bond donors (Lipinski definition) is 1. The summed E-state index contributed by atoms with van der Waals surface area (Å²) in [5, 5.41) is 9.66. The zero-order valence-corrected chi connectivity index (χ0v) is 12.8. The third-order valence-electron chi connectivity index (χ3n) is 2.68. The Morgan fingerprint density at radius 2 is 2.33 bits per heavy atom. The van der Waals surface area contributed by atoms with Crippen molar-refractivity contribution in [2.75, 3.05) is 6.61 Å². The van der Waals surface area contributed by atoms with Gasteiger partial charge in [-0.15, -0.1) is 12.3 Å². The number of allylic oxidation sites excluding steroid dienone is 1. The van der Waals surface area contributed by atoms with Gasteiger partial charge in [-0.05, 0) is 32.9 Å². The van der Waals surface area contributed by atoms with Crippen molar-refractivity contribution >= 4 is 11.9 Å². The van der Waals surface area contributed by atoms with Gasteiger partial charge in [-0.1, -0.05) is 0 Å². The second-order valence-corrected chi connectivity index (χ2v) is 5.18. The van der Waals surface area contributed by atoms with Crippen molar-refractivity contribution in [2.45, 2.75) is 39.2 Å². The molecule has 0 saturated heterocycles. The molecule has 0 aromatic carbocycles. The van der Waals surface area contributed by atoms with Crippen LogP contribution >= 0.6 is 0 Å². The Morgan fingerprint density at radius 3 is 2.95 bits per heavy atom. The fourth-order valence-electron chi connectivity index (χ4n) is 1.59. The van der Waals surface area contributed by atoms with Crippen molar-refractivity contribution in [3.63, 3.8) is 0 Å². The zero-order chi connectivity index (χ0) is 15.7. The lowest BCUT2D eigenvalue weighted by Crippen LogP contribution is -2.21. The standard InChI is InChI=1S/C17H22N2O2/c1-5-7-8-15(18-6-2)14-9-11-19-16(13-14)21-12-10-17(3,4)20/h1,6,8-9,11,13,20H,7,10,12H2,2-4H3/b15-8-,18-6?. The number of aliphatic imine (C=N–C) groups is 1. The van der Waals surface area contributed by atoms with Crippen LogP contribution in [0.25, 0.3) is 5.70 Å². The van der Waals surface area contributed by atoms with E-state index in [1.807, 2.05) is 25.1 Å². The van der Waals surface area contributed by atoms with Gasteiger partial charge in [0, 0.05) is 36.9 Å². The van der Waals surface area contributed by atoms with Gasteiger partial charge in [0.2, 0.25) is 5.88 Å². The van der Waals surface area contributed by atoms with Gasteiger partial charge in [-0.25, -0.2) is 4.98 Å². The Balaban J connectivity index is 2.81. The summed E-state index contributed by atoms with van der Waals surface area (Å²) in [6.45, 7) is 5.75. The fourth-order valence-corrected chi connectivity index (χ4v) is 1.59. The predicted molar refractivity (Wildman–Crippen MR) is 86.2 cm³/mol. The van der Waals surface area contributed by atoms with Gasteiger partial charge < -0.3 is 9.84 Å². The highest BCUT2D eigenvalue weighted by molar-refractivity contribution is 5.73. The summed E-state index contributed by atoms with van der Waals surface area (Å²) in [7, 11) is 0. The summed E-state index contributed by atoms with van der Waals surface area (Å²) in [4.78, 5) is 8.47. The van der Waals surface area contributed by atoms with Gasteiger partial charge in [0.25, 0.3) is 0 Å². The molecule has 1 aromatic heterocycles. The Morgan fingerprint density at radius 1 is 1.57 bits per heavy atom. The molecule has 0 bridgehead atoms. The average molecular weight is 286 g/mol. The van der Waals surface area contributed by atoms with E-state index in [2.05, 4.69) is 15.9 Å². The van der Waals surface area contributed by atoms with E-state index in [-0.39, 0.29) is 0 Å². The van der Waals surface area contributed by atoms with E-state index >= 15 is 0 Å². The molecule has 4 nitrogen and oxygen atoms in total. The molecule has 1 aromatic rings. The van der Waals surface area contributed by atoms with Crippen molar-refractivity contribution in [3.05, 3.63) is 30.0 Å². The smallest absolute Gasteiger partial charge is 0.213 e. The first-order valence-electron chi connectivity index (χ1n) is 6.90. The molecule has 0 aliphatic rings. The highest BCUT2D eigenvalue weighted by Gasteiger charge is 2.12. The van der Waals surface area contributed by atoms with E-state index in [1.54, 1.807) is 26.3 Å². The quantitative estimate of drug-likeness (QED) is 0.619. The summed E-state index contributed by atoms with van der Waals surface area (Å²) >= 11 is 0. The van der Waals surface area contributed by atoms with E-state index in [9.17, 15) is 5.11 Å². The van der Waals surface area contributed by atoms with Crippen molar-refractivity contribution in [1.29, 1.82) is 0 Å². The number of ether oxygens (including phenoxy) is 1. The molecule has 0 aliphatic carbocycles.